The number of halogens is 2. The zero-order chi connectivity index (χ0) is 17.5. The third kappa shape index (κ3) is 4.51. The number of benzene rings is 2. The predicted octanol–water partition coefficient (Wildman–Crippen LogP) is 4.94. The Balaban J connectivity index is 2.21. The second-order valence-corrected chi connectivity index (χ2v) is 5.54. The van der Waals surface area contributed by atoms with Gasteiger partial charge in [0.05, 0.1) is 22.3 Å². The minimum Gasteiger partial charge on any atom is -0.494 e. The molecule has 0 saturated heterocycles. The van der Waals surface area contributed by atoms with Crippen LogP contribution in [-0.2, 0) is 4.79 Å². The summed E-state index contributed by atoms with van der Waals surface area (Å²) in [4.78, 5) is 12.3. The summed E-state index contributed by atoms with van der Waals surface area (Å²) in [7, 11) is 0. The van der Waals surface area contributed by atoms with E-state index in [1.165, 1.54) is 6.08 Å². The highest BCUT2D eigenvalue weighted by Gasteiger charge is 2.13. The third-order valence-electron chi connectivity index (χ3n) is 3.07. The molecule has 0 saturated carbocycles. The first-order valence-electron chi connectivity index (χ1n) is 7.15. The lowest BCUT2D eigenvalue weighted by Crippen LogP contribution is -2.14. The lowest BCUT2D eigenvalue weighted by molar-refractivity contribution is -0.112. The van der Waals surface area contributed by atoms with E-state index in [0.29, 0.717) is 22.2 Å². The normalized spacial score (nSPS) is 10.8. The molecule has 0 aromatic heterocycles. The molecule has 0 aliphatic rings. The van der Waals surface area contributed by atoms with E-state index in [2.05, 4.69) is 5.32 Å². The minimum absolute atomic E-state index is 0.0600. The smallest absolute Gasteiger partial charge is 0.266 e. The largest absolute Gasteiger partial charge is 0.494 e. The molecule has 0 heterocycles. The average molecular weight is 361 g/mol. The maximum absolute atomic E-state index is 12.3. The highest BCUT2D eigenvalue weighted by Crippen LogP contribution is 2.30. The molecule has 0 fully saturated rings. The van der Waals surface area contributed by atoms with Crippen molar-refractivity contribution < 1.29 is 9.53 Å². The highest BCUT2D eigenvalue weighted by atomic mass is 35.5. The molecular weight excluding hydrogens is 347 g/mol. The molecule has 0 radical (unpaired) electrons. The van der Waals surface area contributed by atoms with Crippen LogP contribution in [0.4, 0.5) is 5.69 Å². The molecule has 0 atom stereocenters. The number of carbonyl (C=O) groups excluding carboxylic acids is 1. The van der Waals surface area contributed by atoms with Crippen LogP contribution in [0.5, 0.6) is 5.75 Å². The van der Waals surface area contributed by atoms with Crippen molar-refractivity contribution in [3.05, 3.63) is 63.6 Å². The number of hydrogen-bond acceptors (Lipinski definition) is 3. The average Bonchev–Trinajstić information content (AvgIpc) is 2.57. The van der Waals surface area contributed by atoms with Crippen molar-refractivity contribution in [1.82, 2.24) is 0 Å². The fourth-order valence-corrected chi connectivity index (χ4v) is 2.43. The molecule has 0 aliphatic heterocycles. The molecule has 1 amide bonds. The van der Waals surface area contributed by atoms with Crippen molar-refractivity contribution in [3.63, 3.8) is 0 Å². The Bertz CT molecular complexity index is 789. The summed E-state index contributed by atoms with van der Waals surface area (Å²) in [5.74, 6) is 0.141. The maximum atomic E-state index is 12.3. The summed E-state index contributed by atoms with van der Waals surface area (Å²) in [6.45, 7) is 2.46. The van der Waals surface area contributed by atoms with Crippen LogP contribution >= 0.6 is 23.2 Å². The molecule has 6 heteroatoms. The topological polar surface area (TPSA) is 62.1 Å². The summed E-state index contributed by atoms with van der Waals surface area (Å²) in [6, 6.07) is 13.8. The van der Waals surface area contributed by atoms with Gasteiger partial charge in [-0.15, -0.1) is 0 Å². The van der Waals surface area contributed by atoms with E-state index < -0.39 is 5.91 Å². The lowest BCUT2D eigenvalue weighted by Gasteiger charge is -2.08. The molecule has 0 unspecified atom stereocenters. The number of amides is 1. The molecule has 122 valence electrons. The van der Waals surface area contributed by atoms with Crippen LogP contribution in [0.1, 0.15) is 12.5 Å². The van der Waals surface area contributed by atoms with Crippen LogP contribution in [-0.4, -0.2) is 12.5 Å². The van der Waals surface area contributed by atoms with Crippen molar-refractivity contribution in [2.45, 2.75) is 6.92 Å². The molecule has 2 rings (SSSR count). The van der Waals surface area contributed by atoms with Crippen LogP contribution < -0.4 is 10.1 Å². The van der Waals surface area contributed by atoms with E-state index in [1.54, 1.807) is 42.5 Å². The number of carbonyl (C=O) groups is 1. The Hall–Kier alpha value is -2.48. The number of ether oxygens (including phenoxy) is 1. The van der Waals surface area contributed by atoms with E-state index in [1.807, 2.05) is 13.0 Å². The molecule has 2 aromatic carbocycles. The Kier molecular flexibility index (Phi) is 6.25. The van der Waals surface area contributed by atoms with Crippen molar-refractivity contribution in [2.24, 2.45) is 0 Å². The Morgan fingerprint density at radius 3 is 2.38 bits per heavy atom. The van der Waals surface area contributed by atoms with Crippen LogP contribution in [0.15, 0.2) is 48.0 Å². The first kappa shape index (κ1) is 17.9. The summed E-state index contributed by atoms with van der Waals surface area (Å²) in [5.41, 5.74) is 0.921. The number of hydrogen-bond donors (Lipinski definition) is 1. The second kappa shape index (κ2) is 8.39. The summed E-state index contributed by atoms with van der Waals surface area (Å²) >= 11 is 12.0. The zero-order valence-corrected chi connectivity index (χ0v) is 14.4. The van der Waals surface area contributed by atoms with Gasteiger partial charge in [0.2, 0.25) is 0 Å². The van der Waals surface area contributed by atoms with Crippen LogP contribution in [0.3, 0.4) is 0 Å². The Labute approximate surface area is 150 Å². The summed E-state index contributed by atoms with van der Waals surface area (Å²) in [6.07, 6.45) is 1.48. The van der Waals surface area contributed by atoms with E-state index in [0.717, 1.165) is 5.75 Å². The fourth-order valence-electron chi connectivity index (χ4n) is 1.94. The summed E-state index contributed by atoms with van der Waals surface area (Å²) in [5, 5.41) is 12.4. The first-order valence-corrected chi connectivity index (χ1v) is 7.90. The van der Waals surface area contributed by atoms with Crippen LogP contribution in [0, 0.1) is 11.3 Å². The van der Waals surface area contributed by atoms with Crippen LogP contribution in [0.25, 0.3) is 6.08 Å². The van der Waals surface area contributed by atoms with Gasteiger partial charge >= 0.3 is 0 Å². The molecule has 1 N–H and O–H groups in total. The monoisotopic (exact) mass is 360 g/mol. The van der Waals surface area contributed by atoms with Crippen molar-refractivity contribution in [2.75, 3.05) is 11.9 Å². The lowest BCUT2D eigenvalue weighted by atomic mass is 10.1. The quantitative estimate of drug-likeness (QED) is 0.606. The van der Waals surface area contributed by atoms with Gasteiger partial charge in [0.25, 0.3) is 5.91 Å². The van der Waals surface area contributed by atoms with Gasteiger partial charge in [-0.3, -0.25) is 4.79 Å². The second-order valence-electron chi connectivity index (χ2n) is 4.72. The van der Waals surface area contributed by atoms with Crippen molar-refractivity contribution in [3.8, 4) is 11.8 Å². The first-order chi connectivity index (χ1) is 11.5. The van der Waals surface area contributed by atoms with Crippen LogP contribution in [0.2, 0.25) is 10.0 Å². The molecule has 24 heavy (non-hydrogen) atoms. The molecule has 0 spiro atoms. The number of para-hydroxylation sites is 1. The molecular formula is C18H14Cl2N2O2. The van der Waals surface area contributed by atoms with Gasteiger partial charge in [-0.1, -0.05) is 41.4 Å². The third-order valence-corrected chi connectivity index (χ3v) is 3.70. The molecule has 2 aromatic rings. The highest BCUT2D eigenvalue weighted by molar-refractivity contribution is 6.40. The fraction of sp³-hybridized carbons (Fsp3) is 0.111. The van der Waals surface area contributed by atoms with E-state index in [-0.39, 0.29) is 11.3 Å². The van der Waals surface area contributed by atoms with Crippen molar-refractivity contribution in [1.29, 1.82) is 5.26 Å². The van der Waals surface area contributed by atoms with E-state index >= 15 is 0 Å². The molecule has 0 bridgehead atoms. The van der Waals surface area contributed by atoms with Gasteiger partial charge < -0.3 is 10.1 Å². The zero-order valence-electron chi connectivity index (χ0n) is 12.8. The minimum atomic E-state index is -0.582. The van der Waals surface area contributed by atoms with Gasteiger partial charge in [0.1, 0.15) is 17.4 Å². The van der Waals surface area contributed by atoms with Gasteiger partial charge in [0, 0.05) is 0 Å². The molecule has 4 nitrogen and oxygen atoms in total. The Morgan fingerprint density at radius 1 is 1.21 bits per heavy atom. The number of nitrogens with one attached hydrogen (secondary N) is 1. The van der Waals surface area contributed by atoms with E-state index in [4.69, 9.17) is 27.9 Å². The number of rotatable bonds is 5. The maximum Gasteiger partial charge on any atom is 0.266 e. The number of nitriles is 1. The van der Waals surface area contributed by atoms with Crippen molar-refractivity contribution >= 4 is 40.9 Å². The van der Waals surface area contributed by atoms with Gasteiger partial charge in [-0.05, 0) is 42.8 Å². The van der Waals surface area contributed by atoms with E-state index in [9.17, 15) is 10.1 Å². The number of nitrogens with zero attached hydrogens (tertiary/aromatic N) is 1. The van der Waals surface area contributed by atoms with Gasteiger partial charge in [-0.25, -0.2) is 0 Å². The number of anilines is 1. The summed E-state index contributed by atoms with van der Waals surface area (Å²) < 4.78 is 5.35. The standard InChI is InChI=1S/C18H14Cl2N2O2/c1-2-24-14-8-6-12(7-9-14)10-13(11-21)18(23)22-17-15(19)4-3-5-16(17)20/h3-10H,2H2,1H3,(H,22,23)/b13-10+. The molecule has 0 aliphatic carbocycles. The van der Waals surface area contributed by atoms with Gasteiger partial charge in [0.15, 0.2) is 0 Å². The SMILES string of the molecule is CCOc1ccc(/C=C(\C#N)C(=O)Nc2c(Cl)cccc2Cl)cc1. The van der Waals surface area contributed by atoms with Gasteiger partial charge in [-0.2, -0.15) is 5.26 Å². The Morgan fingerprint density at radius 2 is 1.83 bits per heavy atom. The predicted molar refractivity (Wildman–Crippen MR) is 96.3 cm³/mol.